The van der Waals surface area contributed by atoms with Gasteiger partial charge in [0.25, 0.3) is 6.43 Å². The summed E-state index contributed by atoms with van der Waals surface area (Å²) in [4.78, 5) is 1.24. The number of thiophene rings is 1. The summed E-state index contributed by atoms with van der Waals surface area (Å²) in [5.74, 6) is 0. The van der Waals surface area contributed by atoms with Gasteiger partial charge in [0.1, 0.15) is 6.61 Å². The van der Waals surface area contributed by atoms with E-state index in [0.29, 0.717) is 13.0 Å². The Balaban J connectivity index is 2.52. The van der Waals surface area contributed by atoms with E-state index in [0.717, 1.165) is 10.3 Å². The molecular formula is C12H18BrF2NOS. The molecule has 0 spiro atoms. The van der Waals surface area contributed by atoms with Crippen LogP contribution in [-0.4, -0.2) is 26.2 Å². The van der Waals surface area contributed by atoms with Crippen molar-refractivity contribution in [2.45, 2.75) is 32.7 Å². The predicted molar refractivity (Wildman–Crippen MR) is 74.6 cm³/mol. The zero-order chi connectivity index (χ0) is 13.5. The second-order valence-electron chi connectivity index (χ2n) is 3.93. The minimum Gasteiger partial charge on any atom is -0.375 e. The molecule has 0 bridgehead atoms. The fourth-order valence-corrected chi connectivity index (χ4v) is 3.56. The van der Waals surface area contributed by atoms with Gasteiger partial charge in [-0.3, -0.25) is 0 Å². The normalized spacial score (nSPS) is 13.2. The number of hydrogen-bond acceptors (Lipinski definition) is 3. The molecule has 6 heteroatoms. The molecule has 1 unspecified atom stereocenters. The van der Waals surface area contributed by atoms with Crippen LogP contribution in [0.2, 0.25) is 0 Å². The average molecular weight is 342 g/mol. The van der Waals surface area contributed by atoms with E-state index in [1.807, 2.05) is 6.92 Å². The molecule has 1 atom stereocenters. The highest BCUT2D eigenvalue weighted by molar-refractivity contribution is 9.11. The molecule has 0 saturated heterocycles. The molecule has 104 valence electrons. The summed E-state index contributed by atoms with van der Waals surface area (Å²) in [5, 5.41) is 3.36. The van der Waals surface area contributed by atoms with Gasteiger partial charge in [0.15, 0.2) is 0 Å². The predicted octanol–water partition coefficient (Wildman–Crippen LogP) is 4.14. The van der Waals surface area contributed by atoms with Crippen molar-refractivity contribution < 1.29 is 13.5 Å². The molecule has 0 aliphatic rings. The molecule has 1 aromatic rings. The SMILES string of the molecule is CCNC(CCOCC(F)F)c1cc(Br)sc1C. The third-order valence-electron chi connectivity index (χ3n) is 2.55. The van der Waals surface area contributed by atoms with E-state index in [2.05, 4.69) is 34.2 Å². The summed E-state index contributed by atoms with van der Waals surface area (Å²) in [6.45, 7) is 4.80. The summed E-state index contributed by atoms with van der Waals surface area (Å²) < 4.78 is 29.9. The van der Waals surface area contributed by atoms with Gasteiger partial charge in [0.05, 0.1) is 3.79 Å². The number of aryl methyl sites for hydroxylation is 1. The Morgan fingerprint density at radius 1 is 1.50 bits per heavy atom. The lowest BCUT2D eigenvalue weighted by atomic mass is 10.1. The fraction of sp³-hybridized carbons (Fsp3) is 0.667. The van der Waals surface area contributed by atoms with Gasteiger partial charge in [-0.25, -0.2) is 8.78 Å². The molecule has 1 rings (SSSR count). The van der Waals surface area contributed by atoms with E-state index >= 15 is 0 Å². The van der Waals surface area contributed by atoms with Gasteiger partial charge in [-0.1, -0.05) is 6.92 Å². The van der Waals surface area contributed by atoms with Gasteiger partial charge in [0, 0.05) is 17.5 Å². The van der Waals surface area contributed by atoms with Crippen LogP contribution < -0.4 is 5.32 Å². The maximum atomic E-state index is 12.0. The van der Waals surface area contributed by atoms with E-state index < -0.39 is 13.0 Å². The van der Waals surface area contributed by atoms with Crippen molar-refractivity contribution in [3.63, 3.8) is 0 Å². The number of rotatable bonds is 8. The first-order valence-electron chi connectivity index (χ1n) is 5.89. The zero-order valence-electron chi connectivity index (χ0n) is 10.5. The zero-order valence-corrected chi connectivity index (χ0v) is 12.9. The molecule has 1 heterocycles. The Labute approximate surface area is 119 Å². The molecular weight excluding hydrogens is 324 g/mol. The van der Waals surface area contributed by atoms with Crippen LogP contribution >= 0.6 is 27.3 Å². The first-order valence-corrected chi connectivity index (χ1v) is 7.50. The largest absolute Gasteiger partial charge is 0.375 e. The van der Waals surface area contributed by atoms with Gasteiger partial charge in [-0.05, 0) is 47.4 Å². The van der Waals surface area contributed by atoms with E-state index in [4.69, 9.17) is 4.74 Å². The maximum absolute atomic E-state index is 12.0. The Bertz CT molecular complexity index is 360. The molecule has 18 heavy (non-hydrogen) atoms. The molecule has 1 aromatic heterocycles. The molecule has 0 aliphatic carbocycles. The number of hydrogen-bond donors (Lipinski definition) is 1. The van der Waals surface area contributed by atoms with E-state index in [-0.39, 0.29) is 6.04 Å². The van der Waals surface area contributed by atoms with Crippen LogP contribution in [-0.2, 0) is 4.74 Å². The van der Waals surface area contributed by atoms with Crippen LogP contribution in [0.25, 0.3) is 0 Å². The summed E-state index contributed by atoms with van der Waals surface area (Å²) in [6, 6.07) is 2.25. The average Bonchev–Trinajstić information content (AvgIpc) is 2.62. The fourth-order valence-electron chi connectivity index (χ4n) is 1.79. The summed E-state index contributed by atoms with van der Waals surface area (Å²) >= 11 is 5.15. The van der Waals surface area contributed by atoms with E-state index in [1.54, 1.807) is 11.3 Å². The first-order chi connectivity index (χ1) is 8.54. The van der Waals surface area contributed by atoms with Crippen LogP contribution in [0, 0.1) is 6.92 Å². The number of alkyl halides is 2. The van der Waals surface area contributed by atoms with Gasteiger partial charge < -0.3 is 10.1 Å². The van der Waals surface area contributed by atoms with Crippen molar-refractivity contribution in [2.75, 3.05) is 19.8 Å². The van der Waals surface area contributed by atoms with E-state index in [1.165, 1.54) is 10.4 Å². The van der Waals surface area contributed by atoms with Crippen molar-refractivity contribution >= 4 is 27.3 Å². The van der Waals surface area contributed by atoms with Gasteiger partial charge >= 0.3 is 0 Å². The summed E-state index contributed by atoms with van der Waals surface area (Å²) in [5.41, 5.74) is 1.22. The van der Waals surface area contributed by atoms with Crippen molar-refractivity contribution in [3.05, 3.63) is 20.3 Å². The monoisotopic (exact) mass is 341 g/mol. The highest BCUT2D eigenvalue weighted by Crippen LogP contribution is 2.31. The Hall–Kier alpha value is -0.0400. The lowest BCUT2D eigenvalue weighted by Crippen LogP contribution is -2.23. The smallest absolute Gasteiger partial charge is 0.261 e. The second-order valence-corrected chi connectivity index (χ2v) is 6.56. The van der Waals surface area contributed by atoms with Crippen molar-refractivity contribution in [1.82, 2.24) is 5.32 Å². The summed E-state index contributed by atoms with van der Waals surface area (Å²) in [6.07, 6.45) is -1.69. The van der Waals surface area contributed by atoms with Crippen LogP contribution in [0.1, 0.15) is 29.8 Å². The Morgan fingerprint density at radius 2 is 2.22 bits per heavy atom. The Morgan fingerprint density at radius 3 is 2.72 bits per heavy atom. The third-order valence-corrected chi connectivity index (χ3v) is 4.12. The van der Waals surface area contributed by atoms with Crippen molar-refractivity contribution in [1.29, 1.82) is 0 Å². The molecule has 2 nitrogen and oxygen atoms in total. The lowest BCUT2D eigenvalue weighted by molar-refractivity contribution is 0.0144. The topological polar surface area (TPSA) is 21.3 Å². The molecule has 0 aromatic carbocycles. The lowest BCUT2D eigenvalue weighted by Gasteiger charge is -2.18. The highest BCUT2D eigenvalue weighted by Gasteiger charge is 2.15. The third kappa shape index (κ3) is 5.30. The molecule has 0 saturated carbocycles. The second kappa shape index (κ2) is 8.19. The highest BCUT2D eigenvalue weighted by atomic mass is 79.9. The van der Waals surface area contributed by atoms with Crippen LogP contribution in [0.15, 0.2) is 9.85 Å². The molecule has 0 amide bonds. The molecule has 0 radical (unpaired) electrons. The van der Waals surface area contributed by atoms with Gasteiger partial charge in [0.2, 0.25) is 0 Å². The van der Waals surface area contributed by atoms with Crippen molar-refractivity contribution in [2.24, 2.45) is 0 Å². The Kier molecular flexibility index (Phi) is 7.29. The van der Waals surface area contributed by atoms with Crippen molar-refractivity contribution in [3.8, 4) is 0 Å². The number of nitrogens with one attached hydrogen (secondary N) is 1. The molecule has 1 N–H and O–H groups in total. The van der Waals surface area contributed by atoms with Gasteiger partial charge in [-0.2, -0.15) is 0 Å². The maximum Gasteiger partial charge on any atom is 0.261 e. The molecule has 0 fully saturated rings. The van der Waals surface area contributed by atoms with E-state index in [9.17, 15) is 8.78 Å². The number of ether oxygens (including phenoxy) is 1. The van der Waals surface area contributed by atoms with Crippen LogP contribution in [0.4, 0.5) is 8.78 Å². The number of halogens is 3. The standard InChI is InChI=1S/C12H18BrF2NOS/c1-3-16-10(4-5-17-7-12(14)15)9-6-11(13)18-8(9)2/h6,10,12,16H,3-5,7H2,1-2H3. The minimum atomic E-state index is -2.39. The quantitative estimate of drug-likeness (QED) is 0.717. The van der Waals surface area contributed by atoms with Gasteiger partial charge in [-0.15, -0.1) is 11.3 Å². The minimum absolute atomic E-state index is 0.162. The first kappa shape index (κ1) is 16.0. The molecule has 0 aliphatic heterocycles. The van der Waals surface area contributed by atoms with Crippen LogP contribution in [0.3, 0.4) is 0 Å². The van der Waals surface area contributed by atoms with Crippen LogP contribution in [0.5, 0.6) is 0 Å². The summed E-state index contributed by atoms with van der Waals surface area (Å²) in [7, 11) is 0.